The molecule has 1 heterocycles. The quantitative estimate of drug-likeness (QED) is 0.680. The highest BCUT2D eigenvalue weighted by Crippen LogP contribution is 2.13. The minimum absolute atomic E-state index is 0.0789. The van der Waals surface area contributed by atoms with Gasteiger partial charge in [-0.1, -0.05) is 13.8 Å². The summed E-state index contributed by atoms with van der Waals surface area (Å²) in [5.74, 6) is -0.222. The van der Waals surface area contributed by atoms with Gasteiger partial charge in [-0.05, 0) is 24.3 Å². The predicted octanol–water partition coefficient (Wildman–Crippen LogP) is 1.50. The molecule has 0 saturated carbocycles. The van der Waals surface area contributed by atoms with Crippen molar-refractivity contribution in [2.75, 3.05) is 13.1 Å². The largest absolute Gasteiger partial charge is 0.351 e. The second-order valence-corrected chi connectivity index (χ2v) is 5.54. The van der Waals surface area contributed by atoms with Crippen LogP contribution in [-0.4, -0.2) is 30.4 Å². The molecule has 0 radical (unpaired) electrons. The van der Waals surface area contributed by atoms with E-state index < -0.39 is 0 Å². The SMILES string of the molecule is CCC(CC)(CN)NC(=O)CCNC(=O)c1ccsc1. The zero-order chi connectivity index (χ0) is 15.0. The third-order valence-corrected chi connectivity index (χ3v) is 4.25. The van der Waals surface area contributed by atoms with E-state index in [1.807, 2.05) is 19.2 Å². The maximum atomic E-state index is 11.9. The predicted molar refractivity (Wildman–Crippen MR) is 81.8 cm³/mol. The van der Waals surface area contributed by atoms with E-state index in [1.54, 1.807) is 11.4 Å². The molecule has 6 heteroatoms. The summed E-state index contributed by atoms with van der Waals surface area (Å²) in [6.45, 7) is 4.77. The van der Waals surface area contributed by atoms with Crippen molar-refractivity contribution < 1.29 is 9.59 Å². The van der Waals surface area contributed by atoms with Gasteiger partial charge in [-0.25, -0.2) is 0 Å². The van der Waals surface area contributed by atoms with Crippen LogP contribution < -0.4 is 16.4 Å². The molecule has 1 aromatic rings. The van der Waals surface area contributed by atoms with E-state index in [0.717, 1.165) is 12.8 Å². The van der Waals surface area contributed by atoms with Crippen LogP contribution in [0.5, 0.6) is 0 Å². The Hall–Kier alpha value is -1.40. The van der Waals surface area contributed by atoms with Crippen molar-refractivity contribution >= 4 is 23.2 Å². The standard InChI is InChI=1S/C14H23N3O2S/c1-3-14(4-2,10-15)17-12(18)5-7-16-13(19)11-6-8-20-9-11/h6,8-9H,3-5,7,10,15H2,1-2H3,(H,16,19)(H,17,18). The molecule has 0 aliphatic rings. The summed E-state index contributed by atoms with van der Waals surface area (Å²) in [6.07, 6.45) is 1.86. The van der Waals surface area contributed by atoms with Gasteiger partial charge in [0.05, 0.1) is 5.54 Å². The molecule has 1 rings (SSSR count). The third kappa shape index (κ3) is 4.61. The molecule has 0 aliphatic heterocycles. The summed E-state index contributed by atoms with van der Waals surface area (Å²) >= 11 is 1.47. The zero-order valence-electron chi connectivity index (χ0n) is 12.1. The minimum atomic E-state index is -0.325. The normalized spacial score (nSPS) is 11.2. The van der Waals surface area contributed by atoms with Gasteiger partial charge in [-0.15, -0.1) is 0 Å². The Kier molecular flexibility index (Phi) is 6.67. The van der Waals surface area contributed by atoms with Crippen LogP contribution in [0.1, 0.15) is 43.5 Å². The average Bonchev–Trinajstić information content (AvgIpc) is 2.99. The molecule has 4 N–H and O–H groups in total. The lowest BCUT2D eigenvalue weighted by Gasteiger charge is -2.31. The van der Waals surface area contributed by atoms with E-state index in [-0.39, 0.29) is 23.8 Å². The molecule has 0 fully saturated rings. The van der Waals surface area contributed by atoms with E-state index in [4.69, 9.17) is 5.73 Å². The van der Waals surface area contributed by atoms with E-state index >= 15 is 0 Å². The number of hydrogen-bond donors (Lipinski definition) is 3. The van der Waals surface area contributed by atoms with E-state index in [2.05, 4.69) is 10.6 Å². The molecule has 20 heavy (non-hydrogen) atoms. The zero-order valence-corrected chi connectivity index (χ0v) is 12.9. The number of carbonyl (C=O) groups excluding carboxylic acids is 2. The van der Waals surface area contributed by atoms with Crippen LogP contribution in [0.25, 0.3) is 0 Å². The fraction of sp³-hybridized carbons (Fsp3) is 0.571. The van der Waals surface area contributed by atoms with E-state index in [9.17, 15) is 9.59 Å². The van der Waals surface area contributed by atoms with Gasteiger partial charge in [-0.2, -0.15) is 11.3 Å². The maximum Gasteiger partial charge on any atom is 0.252 e. The molecular formula is C14H23N3O2S. The summed E-state index contributed by atoms with van der Waals surface area (Å²) in [6, 6.07) is 1.76. The lowest BCUT2D eigenvalue weighted by atomic mass is 9.93. The van der Waals surface area contributed by atoms with Gasteiger partial charge >= 0.3 is 0 Å². The molecular weight excluding hydrogens is 274 g/mol. The molecule has 2 amide bonds. The van der Waals surface area contributed by atoms with Gasteiger partial charge in [0, 0.05) is 30.5 Å². The van der Waals surface area contributed by atoms with Crippen LogP contribution in [0.4, 0.5) is 0 Å². The van der Waals surface area contributed by atoms with Crippen molar-refractivity contribution in [3.8, 4) is 0 Å². The second kappa shape index (κ2) is 8.01. The van der Waals surface area contributed by atoms with Crippen LogP contribution in [-0.2, 0) is 4.79 Å². The highest BCUT2D eigenvalue weighted by Gasteiger charge is 2.25. The number of hydrogen-bond acceptors (Lipinski definition) is 4. The number of amides is 2. The Labute approximate surface area is 123 Å². The fourth-order valence-electron chi connectivity index (χ4n) is 1.91. The van der Waals surface area contributed by atoms with Crippen LogP contribution >= 0.6 is 11.3 Å². The highest BCUT2D eigenvalue weighted by atomic mass is 32.1. The molecule has 0 unspecified atom stereocenters. The fourth-order valence-corrected chi connectivity index (χ4v) is 2.55. The number of nitrogens with two attached hydrogens (primary N) is 1. The summed E-state index contributed by atoms with van der Waals surface area (Å²) in [4.78, 5) is 23.6. The number of rotatable bonds is 8. The maximum absolute atomic E-state index is 11.9. The van der Waals surface area contributed by atoms with Gasteiger partial charge in [-0.3, -0.25) is 9.59 Å². The van der Waals surface area contributed by atoms with Crippen LogP contribution in [0.2, 0.25) is 0 Å². The molecule has 5 nitrogen and oxygen atoms in total. The van der Waals surface area contributed by atoms with Gasteiger partial charge in [0.25, 0.3) is 5.91 Å². The Morgan fingerprint density at radius 2 is 2.05 bits per heavy atom. The first-order valence-electron chi connectivity index (χ1n) is 6.88. The van der Waals surface area contributed by atoms with Crippen molar-refractivity contribution in [3.05, 3.63) is 22.4 Å². The Morgan fingerprint density at radius 3 is 2.55 bits per heavy atom. The monoisotopic (exact) mass is 297 g/mol. The van der Waals surface area contributed by atoms with Crippen LogP contribution in [0.15, 0.2) is 16.8 Å². The first-order valence-corrected chi connectivity index (χ1v) is 7.82. The Balaban J connectivity index is 2.35. The van der Waals surface area contributed by atoms with Gasteiger partial charge in [0.1, 0.15) is 0 Å². The lowest BCUT2D eigenvalue weighted by Crippen LogP contribution is -2.53. The van der Waals surface area contributed by atoms with Crippen molar-refractivity contribution in [1.29, 1.82) is 0 Å². The molecule has 0 aromatic carbocycles. The molecule has 1 aromatic heterocycles. The molecule has 112 valence electrons. The van der Waals surface area contributed by atoms with E-state index in [1.165, 1.54) is 11.3 Å². The van der Waals surface area contributed by atoms with Crippen LogP contribution in [0, 0.1) is 0 Å². The van der Waals surface area contributed by atoms with Crippen molar-refractivity contribution in [2.45, 2.75) is 38.6 Å². The number of nitrogens with one attached hydrogen (secondary N) is 2. The summed E-state index contributed by atoms with van der Waals surface area (Å²) in [5, 5.41) is 9.33. The second-order valence-electron chi connectivity index (χ2n) is 4.76. The molecule has 0 atom stereocenters. The highest BCUT2D eigenvalue weighted by molar-refractivity contribution is 7.08. The minimum Gasteiger partial charge on any atom is -0.351 e. The van der Waals surface area contributed by atoms with Gasteiger partial charge in [0.15, 0.2) is 0 Å². The number of carbonyl (C=O) groups is 2. The smallest absolute Gasteiger partial charge is 0.252 e. The summed E-state index contributed by atoms with van der Waals surface area (Å²) in [5.41, 5.74) is 6.04. The average molecular weight is 297 g/mol. The molecule has 0 saturated heterocycles. The Bertz CT molecular complexity index is 419. The van der Waals surface area contributed by atoms with Crippen LogP contribution in [0.3, 0.4) is 0 Å². The lowest BCUT2D eigenvalue weighted by molar-refractivity contribution is -0.122. The van der Waals surface area contributed by atoms with E-state index in [0.29, 0.717) is 18.7 Å². The number of thiophene rings is 1. The van der Waals surface area contributed by atoms with Gasteiger partial charge in [0.2, 0.25) is 5.91 Å². The van der Waals surface area contributed by atoms with Crippen molar-refractivity contribution in [2.24, 2.45) is 5.73 Å². The topological polar surface area (TPSA) is 84.2 Å². The third-order valence-electron chi connectivity index (χ3n) is 3.57. The first kappa shape index (κ1) is 16.7. The van der Waals surface area contributed by atoms with Crippen molar-refractivity contribution in [3.63, 3.8) is 0 Å². The van der Waals surface area contributed by atoms with Crippen molar-refractivity contribution in [1.82, 2.24) is 10.6 Å². The summed E-state index contributed by atoms with van der Waals surface area (Å²) < 4.78 is 0. The van der Waals surface area contributed by atoms with Gasteiger partial charge < -0.3 is 16.4 Å². The Morgan fingerprint density at radius 1 is 1.35 bits per heavy atom. The molecule has 0 aliphatic carbocycles. The molecule has 0 bridgehead atoms. The summed E-state index contributed by atoms with van der Waals surface area (Å²) in [7, 11) is 0. The first-order chi connectivity index (χ1) is 9.56. The molecule has 0 spiro atoms.